The van der Waals surface area contributed by atoms with E-state index in [0.29, 0.717) is 30.0 Å². The van der Waals surface area contributed by atoms with Crippen LogP contribution < -0.4 is 11.4 Å². The standard InChI is InChI=1S/C23H31N3O3/c1-15(2)19-11-10-16(3)14-20(19)29-21-17(4)12-13-24-22(27)25(23(28)26(21)24)18-8-6-5-7-9-18/h5-9,12,15-16,19-21H,10-11,13-14H2,1-4H3/t16-,19+,20-,21-/m0/s1. The molecule has 4 rings (SSSR count). The molecule has 0 N–H and O–H groups in total. The number of allylic oxidation sites excluding steroid dienone is 1. The van der Waals surface area contributed by atoms with Crippen LogP contribution in [0.25, 0.3) is 5.69 Å². The zero-order valence-corrected chi connectivity index (χ0v) is 17.7. The first kappa shape index (κ1) is 20.0. The Morgan fingerprint density at radius 3 is 2.48 bits per heavy atom. The highest BCUT2D eigenvalue weighted by Crippen LogP contribution is 2.38. The molecule has 6 nitrogen and oxygen atoms in total. The highest BCUT2D eigenvalue weighted by Gasteiger charge is 2.36. The molecule has 1 aromatic carbocycles. The smallest absolute Gasteiger partial charge is 0.349 e. The van der Waals surface area contributed by atoms with E-state index in [-0.39, 0.29) is 17.5 Å². The van der Waals surface area contributed by atoms with Gasteiger partial charge in [-0.05, 0) is 55.2 Å². The van der Waals surface area contributed by atoms with Crippen LogP contribution in [0, 0.1) is 17.8 Å². The van der Waals surface area contributed by atoms with Crippen molar-refractivity contribution in [2.75, 3.05) is 0 Å². The molecule has 4 atom stereocenters. The third-order valence-electron chi connectivity index (χ3n) is 6.54. The number of para-hydroxylation sites is 1. The molecule has 2 heterocycles. The van der Waals surface area contributed by atoms with Gasteiger partial charge < -0.3 is 4.74 Å². The monoisotopic (exact) mass is 397 g/mol. The van der Waals surface area contributed by atoms with Gasteiger partial charge in [0.2, 0.25) is 0 Å². The van der Waals surface area contributed by atoms with Crippen LogP contribution >= 0.6 is 0 Å². The molecule has 1 aliphatic carbocycles. The molecule has 0 spiro atoms. The molecule has 1 aliphatic heterocycles. The maximum atomic E-state index is 13.3. The summed E-state index contributed by atoms with van der Waals surface area (Å²) in [6.07, 6.45) is 4.90. The zero-order chi connectivity index (χ0) is 20.7. The Labute approximate surface area is 171 Å². The highest BCUT2D eigenvalue weighted by molar-refractivity contribution is 5.30. The Hall–Kier alpha value is -2.34. The normalized spacial score (nSPS) is 27.0. The largest absolute Gasteiger partial charge is 0.354 e. The summed E-state index contributed by atoms with van der Waals surface area (Å²) in [6, 6.07) is 9.09. The van der Waals surface area contributed by atoms with Crippen LogP contribution in [-0.2, 0) is 11.3 Å². The first-order valence-corrected chi connectivity index (χ1v) is 10.7. The number of rotatable bonds is 4. The molecule has 0 unspecified atom stereocenters. The third kappa shape index (κ3) is 3.54. The topological polar surface area (TPSA) is 58.2 Å². The van der Waals surface area contributed by atoms with Gasteiger partial charge in [-0.3, -0.25) is 0 Å². The van der Waals surface area contributed by atoms with Crippen molar-refractivity contribution in [1.29, 1.82) is 0 Å². The average Bonchev–Trinajstić information content (AvgIpc) is 2.95. The average molecular weight is 398 g/mol. The molecule has 0 radical (unpaired) electrons. The minimum absolute atomic E-state index is 0.0840. The van der Waals surface area contributed by atoms with E-state index in [2.05, 4.69) is 20.8 Å². The molecular formula is C23H31N3O3. The molecular weight excluding hydrogens is 366 g/mol. The Kier molecular flexibility index (Phi) is 5.38. The van der Waals surface area contributed by atoms with Crippen LogP contribution in [0.1, 0.15) is 53.2 Å². The van der Waals surface area contributed by atoms with Crippen molar-refractivity contribution in [3.63, 3.8) is 0 Å². The van der Waals surface area contributed by atoms with E-state index in [4.69, 9.17) is 4.74 Å². The quantitative estimate of drug-likeness (QED) is 0.739. The number of aromatic nitrogens is 3. The second-order valence-electron chi connectivity index (χ2n) is 8.96. The van der Waals surface area contributed by atoms with Crippen LogP contribution in [0.3, 0.4) is 0 Å². The van der Waals surface area contributed by atoms with Gasteiger partial charge in [-0.25, -0.2) is 18.8 Å². The van der Waals surface area contributed by atoms with Crippen LogP contribution in [0.5, 0.6) is 0 Å². The van der Waals surface area contributed by atoms with E-state index in [9.17, 15) is 9.59 Å². The van der Waals surface area contributed by atoms with Gasteiger partial charge in [0.25, 0.3) is 0 Å². The van der Waals surface area contributed by atoms with Gasteiger partial charge in [-0.1, -0.05) is 51.5 Å². The lowest BCUT2D eigenvalue weighted by atomic mass is 9.75. The van der Waals surface area contributed by atoms with Crippen LogP contribution in [0.4, 0.5) is 0 Å². The van der Waals surface area contributed by atoms with Crippen molar-refractivity contribution in [1.82, 2.24) is 13.9 Å². The lowest BCUT2D eigenvalue weighted by Gasteiger charge is -2.40. The van der Waals surface area contributed by atoms with Gasteiger partial charge in [0, 0.05) is 0 Å². The summed E-state index contributed by atoms with van der Waals surface area (Å²) in [5.74, 6) is 1.59. The summed E-state index contributed by atoms with van der Waals surface area (Å²) < 4.78 is 10.9. The summed E-state index contributed by atoms with van der Waals surface area (Å²) >= 11 is 0. The summed E-state index contributed by atoms with van der Waals surface area (Å²) in [7, 11) is 0. The summed E-state index contributed by atoms with van der Waals surface area (Å²) in [4.78, 5) is 26.3. The summed E-state index contributed by atoms with van der Waals surface area (Å²) in [5.41, 5.74) is 0.900. The van der Waals surface area contributed by atoms with Crippen LogP contribution in [0.2, 0.25) is 0 Å². The van der Waals surface area contributed by atoms with Crippen LogP contribution in [0.15, 0.2) is 51.6 Å². The predicted octanol–water partition coefficient (Wildman–Crippen LogP) is 3.74. The second-order valence-corrected chi connectivity index (χ2v) is 8.96. The fourth-order valence-corrected chi connectivity index (χ4v) is 4.81. The van der Waals surface area contributed by atoms with E-state index >= 15 is 0 Å². The van der Waals surface area contributed by atoms with E-state index in [1.807, 2.05) is 31.2 Å². The number of hydrogen-bond donors (Lipinski definition) is 0. The predicted molar refractivity (Wildman–Crippen MR) is 113 cm³/mol. The Morgan fingerprint density at radius 1 is 1.07 bits per heavy atom. The number of benzene rings is 1. The molecule has 29 heavy (non-hydrogen) atoms. The van der Waals surface area contributed by atoms with Gasteiger partial charge >= 0.3 is 11.4 Å². The van der Waals surface area contributed by atoms with E-state index < -0.39 is 6.23 Å². The van der Waals surface area contributed by atoms with Crippen LogP contribution in [-0.4, -0.2) is 20.0 Å². The molecule has 2 aromatic rings. The number of nitrogens with zero attached hydrogens (tertiary/aromatic N) is 3. The molecule has 1 aromatic heterocycles. The molecule has 156 valence electrons. The van der Waals surface area contributed by atoms with Crippen molar-refractivity contribution in [2.45, 2.75) is 65.8 Å². The first-order valence-electron chi connectivity index (χ1n) is 10.7. The van der Waals surface area contributed by atoms with Gasteiger partial charge in [0.1, 0.15) is 0 Å². The molecule has 1 saturated carbocycles. The van der Waals surface area contributed by atoms with E-state index in [1.165, 1.54) is 20.4 Å². The fraction of sp³-hybridized carbons (Fsp3) is 0.565. The van der Waals surface area contributed by atoms with Crippen molar-refractivity contribution < 1.29 is 4.74 Å². The Bertz CT molecular complexity index is 1010. The van der Waals surface area contributed by atoms with Crippen molar-refractivity contribution >= 4 is 0 Å². The molecule has 1 fully saturated rings. The Morgan fingerprint density at radius 2 is 1.79 bits per heavy atom. The van der Waals surface area contributed by atoms with E-state index in [1.54, 1.807) is 12.1 Å². The van der Waals surface area contributed by atoms with Gasteiger partial charge in [-0.2, -0.15) is 4.68 Å². The summed E-state index contributed by atoms with van der Waals surface area (Å²) in [5, 5.41) is 0. The highest BCUT2D eigenvalue weighted by atomic mass is 16.5. The lowest BCUT2D eigenvalue weighted by molar-refractivity contribution is -0.105. The number of ether oxygens (including phenoxy) is 1. The first-order chi connectivity index (χ1) is 13.9. The van der Waals surface area contributed by atoms with Crippen molar-refractivity contribution in [3.8, 4) is 5.69 Å². The maximum absolute atomic E-state index is 13.3. The molecule has 0 amide bonds. The maximum Gasteiger partial charge on any atom is 0.354 e. The Balaban J connectivity index is 1.75. The van der Waals surface area contributed by atoms with Gasteiger partial charge in [-0.15, -0.1) is 0 Å². The van der Waals surface area contributed by atoms with Crippen molar-refractivity contribution in [3.05, 3.63) is 62.9 Å². The molecule has 6 heteroatoms. The SMILES string of the molecule is CC1=CCn2c(=O)n(-c3ccccc3)c(=O)n2[C@H]1O[C@H]1C[C@@H](C)CC[C@@H]1C(C)C. The molecule has 0 saturated heterocycles. The minimum Gasteiger partial charge on any atom is -0.349 e. The van der Waals surface area contributed by atoms with E-state index in [0.717, 1.165) is 18.4 Å². The lowest BCUT2D eigenvalue weighted by Crippen LogP contribution is -2.41. The fourth-order valence-electron chi connectivity index (χ4n) is 4.81. The minimum atomic E-state index is -0.537. The summed E-state index contributed by atoms with van der Waals surface area (Å²) in [6.45, 7) is 9.13. The molecule has 0 bridgehead atoms. The zero-order valence-electron chi connectivity index (χ0n) is 17.7. The third-order valence-corrected chi connectivity index (χ3v) is 6.54. The number of hydrogen-bond acceptors (Lipinski definition) is 3. The second kappa shape index (κ2) is 7.82. The number of fused-ring (bicyclic) bond motifs is 1. The molecule has 2 aliphatic rings. The van der Waals surface area contributed by atoms with Crippen molar-refractivity contribution in [2.24, 2.45) is 17.8 Å². The van der Waals surface area contributed by atoms with Gasteiger partial charge in [0.15, 0.2) is 6.23 Å². The van der Waals surface area contributed by atoms with Gasteiger partial charge in [0.05, 0.1) is 18.3 Å².